The highest BCUT2D eigenvalue weighted by Crippen LogP contribution is 2.26. The molecular weight excluding hydrogens is 261 g/mol. The van der Waals surface area contributed by atoms with Crippen molar-refractivity contribution in [1.82, 2.24) is 5.32 Å². The minimum atomic E-state index is -0.157. The Morgan fingerprint density at radius 1 is 1.10 bits per heavy atom. The zero-order chi connectivity index (χ0) is 15.2. The van der Waals surface area contributed by atoms with Gasteiger partial charge in [-0.1, -0.05) is 50.2 Å². The molecule has 2 aromatic rings. The average Bonchev–Trinajstić information content (AvgIpc) is 2.48. The van der Waals surface area contributed by atoms with Gasteiger partial charge in [-0.15, -0.1) is 0 Å². The molecule has 21 heavy (non-hydrogen) atoms. The Hall–Kier alpha value is -1.67. The molecule has 0 saturated heterocycles. The highest BCUT2D eigenvalue weighted by molar-refractivity contribution is 5.28. The Labute approximate surface area is 127 Å². The van der Waals surface area contributed by atoms with E-state index >= 15 is 0 Å². The van der Waals surface area contributed by atoms with Gasteiger partial charge in [-0.25, -0.2) is 4.39 Å². The van der Waals surface area contributed by atoms with Crippen LogP contribution >= 0.6 is 0 Å². The smallest absolute Gasteiger partial charge is 0.123 e. The van der Waals surface area contributed by atoms with Gasteiger partial charge in [0.1, 0.15) is 5.82 Å². The normalized spacial score (nSPS) is 13.9. The largest absolute Gasteiger partial charge is 0.310 e. The first-order chi connectivity index (χ1) is 10.1. The molecule has 1 nitrogen and oxygen atoms in total. The van der Waals surface area contributed by atoms with E-state index < -0.39 is 0 Å². The van der Waals surface area contributed by atoms with Crippen molar-refractivity contribution < 1.29 is 4.39 Å². The Balaban J connectivity index is 2.17. The van der Waals surface area contributed by atoms with Crippen LogP contribution in [0.3, 0.4) is 0 Å². The Morgan fingerprint density at radius 3 is 2.43 bits per heavy atom. The number of rotatable bonds is 6. The molecule has 2 heteroatoms. The fraction of sp³-hybridized carbons (Fsp3) is 0.368. The van der Waals surface area contributed by atoms with E-state index in [9.17, 15) is 4.39 Å². The summed E-state index contributed by atoms with van der Waals surface area (Å²) >= 11 is 0. The van der Waals surface area contributed by atoms with E-state index in [1.165, 1.54) is 11.1 Å². The molecule has 2 atom stereocenters. The first-order valence-corrected chi connectivity index (χ1v) is 7.65. The van der Waals surface area contributed by atoms with Crippen LogP contribution in [0, 0.1) is 18.7 Å². The number of aryl methyl sites for hydroxylation is 1. The summed E-state index contributed by atoms with van der Waals surface area (Å²) < 4.78 is 13.2. The summed E-state index contributed by atoms with van der Waals surface area (Å²) in [6.45, 7) is 7.30. The molecule has 0 aliphatic rings. The van der Waals surface area contributed by atoms with Crippen LogP contribution in [0.15, 0.2) is 48.5 Å². The fourth-order valence-electron chi connectivity index (χ4n) is 2.88. The van der Waals surface area contributed by atoms with Crippen molar-refractivity contribution in [1.29, 1.82) is 0 Å². The SMILES string of the molecule is CCNC(c1ccccc1)C(C)Cc1ccc(F)cc1C. The molecule has 0 aliphatic carbocycles. The average molecular weight is 285 g/mol. The molecule has 0 aliphatic heterocycles. The third-order valence-corrected chi connectivity index (χ3v) is 4.00. The summed E-state index contributed by atoms with van der Waals surface area (Å²) in [6, 6.07) is 15.9. The van der Waals surface area contributed by atoms with Crippen LogP contribution in [0.1, 0.15) is 36.6 Å². The monoisotopic (exact) mass is 285 g/mol. The molecule has 2 rings (SSSR count). The quantitative estimate of drug-likeness (QED) is 0.813. The van der Waals surface area contributed by atoms with Gasteiger partial charge < -0.3 is 5.32 Å². The molecule has 0 heterocycles. The lowest BCUT2D eigenvalue weighted by molar-refractivity contribution is 0.391. The van der Waals surface area contributed by atoms with Gasteiger partial charge in [0, 0.05) is 6.04 Å². The minimum absolute atomic E-state index is 0.157. The maximum absolute atomic E-state index is 13.2. The lowest BCUT2D eigenvalue weighted by atomic mass is 9.88. The highest BCUT2D eigenvalue weighted by Gasteiger charge is 2.19. The first-order valence-electron chi connectivity index (χ1n) is 7.65. The summed E-state index contributed by atoms with van der Waals surface area (Å²) in [4.78, 5) is 0. The second-order valence-corrected chi connectivity index (χ2v) is 5.70. The van der Waals surface area contributed by atoms with E-state index in [2.05, 4.69) is 43.4 Å². The van der Waals surface area contributed by atoms with Gasteiger partial charge in [-0.3, -0.25) is 0 Å². The topological polar surface area (TPSA) is 12.0 Å². The maximum atomic E-state index is 13.2. The van der Waals surface area contributed by atoms with E-state index in [0.717, 1.165) is 18.5 Å². The Bertz CT molecular complexity index is 565. The summed E-state index contributed by atoms with van der Waals surface area (Å²) in [6.07, 6.45) is 0.943. The third kappa shape index (κ3) is 4.15. The lowest BCUT2D eigenvalue weighted by Gasteiger charge is -2.26. The van der Waals surface area contributed by atoms with Gasteiger partial charge >= 0.3 is 0 Å². The molecule has 0 fully saturated rings. The van der Waals surface area contributed by atoms with Crippen molar-refractivity contribution >= 4 is 0 Å². The highest BCUT2D eigenvalue weighted by atomic mass is 19.1. The molecule has 0 amide bonds. The molecule has 1 N–H and O–H groups in total. The number of nitrogens with one attached hydrogen (secondary N) is 1. The van der Waals surface area contributed by atoms with Gasteiger partial charge in [0.2, 0.25) is 0 Å². The number of halogens is 1. The summed E-state index contributed by atoms with van der Waals surface area (Å²) in [7, 11) is 0. The standard InChI is InChI=1S/C19H24FN/c1-4-21-19(16-8-6-5-7-9-16)15(3)12-17-10-11-18(20)13-14(17)2/h5-11,13,15,19,21H,4,12H2,1-3H3. The number of hydrogen-bond acceptors (Lipinski definition) is 1. The second kappa shape index (κ2) is 7.37. The second-order valence-electron chi connectivity index (χ2n) is 5.70. The van der Waals surface area contributed by atoms with E-state index in [1.807, 2.05) is 19.1 Å². The predicted octanol–water partition coefficient (Wildman–Crippen LogP) is 4.66. The number of benzene rings is 2. The van der Waals surface area contributed by atoms with Crippen molar-refractivity contribution in [3.63, 3.8) is 0 Å². The van der Waals surface area contributed by atoms with E-state index in [1.54, 1.807) is 12.1 Å². The van der Waals surface area contributed by atoms with Crippen molar-refractivity contribution in [2.75, 3.05) is 6.54 Å². The van der Waals surface area contributed by atoms with Crippen molar-refractivity contribution in [2.45, 2.75) is 33.2 Å². The first kappa shape index (κ1) is 15.7. The zero-order valence-corrected chi connectivity index (χ0v) is 13.1. The van der Waals surface area contributed by atoms with E-state index in [4.69, 9.17) is 0 Å². The van der Waals surface area contributed by atoms with Gasteiger partial charge in [-0.2, -0.15) is 0 Å². The Morgan fingerprint density at radius 2 is 1.81 bits per heavy atom. The van der Waals surface area contributed by atoms with Crippen molar-refractivity contribution in [3.8, 4) is 0 Å². The Kier molecular flexibility index (Phi) is 5.51. The fourth-order valence-corrected chi connectivity index (χ4v) is 2.88. The molecule has 0 aromatic heterocycles. The summed E-state index contributed by atoms with van der Waals surface area (Å²) in [5, 5.41) is 3.58. The van der Waals surface area contributed by atoms with Gasteiger partial charge in [0.05, 0.1) is 0 Å². The molecule has 0 saturated carbocycles. The van der Waals surface area contributed by atoms with Crippen molar-refractivity contribution in [2.24, 2.45) is 5.92 Å². The molecule has 0 spiro atoms. The molecule has 2 aromatic carbocycles. The van der Waals surface area contributed by atoms with Gasteiger partial charge in [0.15, 0.2) is 0 Å². The molecular formula is C19H24FN. The summed E-state index contributed by atoms with van der Waals surface area (Å²) in [5.41, 5.74) is 3.57. The van der Waals surface area contributed by atoms with Crippen LogP contribution in [0.5, 0.6) is 0 Å². The van der Waals surface area contributed by atoms with E-state index in [-0.39, 0.29) is 5.82 Å². The minimum Gasteiger partial charge on any atom is -0.310 e. The van der Waals surface area contributed by atoms with Crippen LogP contribution in [0.4, 0.5) is 4.39 Å². The molecule has 0 radical (unpaired) electrons. The van der Waals surface area contributed by atoms with Crippen molar-refractivity contribution in [3.05, 3.63) is 71.0 Å². The zero-order valence-electron chi connectivity index (χ0n) is 13.1. The van der Waals surface area contributed by atoms with Crippen LogP contribution in [0.2, 0.25) is 0 Å². The van der Waals surface area contributed by atoms with Crippen LogP contribution in [-0.2, 0) is 6.42 Å². The third-order valence-electron chi connectivity index (χ3n) is 4.00. The van der Waals surface area contributed by atoms with Gasteiger partial charge in [0.25, 0.3) is 0 Å². The number of hydrogen-bond donors (Lipinski definition) is 1. The van der Waals surface area contributed by atoms with Crippen LogP contribution in [-0.4, -0.2) is 6.54 Å². The molecule has 2 unspecified atom stereocenters. The molecule has 112 valence electrons. The van der Waals surface area contributed by atoms with Gasteiger partial charge in [-0.05, 0) is 54.6 Å². The lowest BCUT2D eigenvalue weighted by Crippen LogP contribution is -2.28. The maximum Gasteiger partial charge on any atom is 0.123 e. The van der Waals surface area contributed by atoms with E-state index in [0.29, 0.717) is 12.0 Å². The van der Waals surface area contributed by atoms with Crippen LogP contribution < -0.4 is 5.32 Å². The molecule has 0 bridgehead atoms. The summed E-state index contributed by atoms with van der Waals surface area (Å²) in [5.74, 6) is 0.284. The van der Waals surface area contributed by atoms with Crippen LogP contribution in [0.25, 0.3) is 0 Å². The predicted molar refractivity (Wildman–Crippen MR) is 86.9 cm³/mol.